The van der Waals surface area contributed by atoms with Crippen LogP contribution in [0.15, 0.2) is 29.2 Å². The van der Waals surface area contributed by atoms with Crippen molar-refractivity contribution in [3.05, 3.63) is 29.8 Å². The van der Waals surface area contributed by atoms with Gasteiger partial charge < -0.3 is 5.11 Å². The molecule has 2 rings (SSSR count). The van der Waals surface area contributed by atoms with E-state index >= 15 is 0 Å². The molecule has 1 aliphatic rings. The summed E-state index contributed by atoms with van der Waals surface area (Å²) in [5.41, 5.74) is -0.812. The summed E-state index contributed by atoms with van der Waals surface area (Å²) < 4.78 is 51.1. The number of hydrogen-bond acceptors (Lipinski definition) is 2. The highest BCUT2D eigenvalue weighted by atomic mass is 32.2. The first kappa shape index (κ1) is 13.5. The second kappa shape index (κ2) is 4.99. The molecular formula is C11H12F3NO2S. The van der Waals surface area contributed by atoms with E-state index in [2.05, 4.69) is 0 Å². The minimum absolute atomic E-state index is 0.110. The molecule has 18 heavy (non-hydrogen) atoms. The van der Waals surface area contributed by atoms with Crippen molar-refractivity contribution < 1.29 is 22.5 Å². The average molecular weight is 279 g/mol. The number of benzene rings is 1. The predicted octanol–water partition coefficient (Wildman–Crippen LogP) is 1.79. The van der Waals surface area contributed by atoms with E-state index in [9.17, 15) is 22.5 Å². The van der Waals surface area contributed by atoms with E-state index in [1.54, 1.807) is 0 Å². The minimum atomic E-state index is -4.44. The Morgan fingerprint density at radius 2 is 2.11 bits per heavy atom. The van der Waals surface area contributed by atoms with E-state index in [1.165, 1.54) is 16.4 Å². The normalized spacial score (nSPS) is 23.2. The fourth-order valence-electron chi connectivity index (χ4n) is 1.79. The molecule has 0 aromatic heterocycles. The number of rotatable bonds is 2. The smallest absolute Gasteiger partial charge is 0.392 e. The van der Waals surface area contributed by atoms with Gasteiger partial charge in [-0.2, -0.15) is 13.2 Å². The highest BCUT2D eigenvalue weighted by Crippen LogP contribution is 2.30. The molecule has 7 heteroatoms. The van der Waals surface area contributed by atoms with Crippen LogP contribution in [0.4, 0.5) is 13.2 Å². The maximum atomic E-state index is 12.5. The van der Waals surface area contributed by atoms with Gasteiger partial charge in [0.1, 0.15) is 11.0 Å². The van der Waals surface area contributed by atoms with Crippen molar-refractivity contribution in [2.45, 2.75) is 23.6 Å². The zero-order valence-electron chi connectivity index (χ0n) is 9.35. The van der Waals surface area contributed by atoms with Crippen molar-refractivity contribution in [1.82, 2.24) is 4.31 Å². The lowest BCUT2D eigenvalue weighted by molar-refractivity contribution is -0.137. The van der Waals surface area contributed by atoms with Crippen molar-refractivity contribution in [2.24, 2.45) is 0 Å². The molecule has 0 radical (unpaired) electrons. The molecule has 1 saturated heterocycles. The summed E-state index contributed by atoms with van der Waals surface area (Å²) >= 11 is 0. The van der Waals surface area contributed by atoms with E-state index < -0.39 is 28.8 Å². The molecule has 0 saturated carbocycles. The van der Waals surface area contributed by atoms with Gasteiger partial charge in [-0.25, -0.2) is 8.51 Å². The van der Waals surface area contributed by atoms with Crippen LogP contribution in [-0.4, -0.2) is 32.8 Å². The fourth-order valence-corrected chi connectivity index (χ4v) is 3.09. The second-order valence-electron chi connectivity index (χ2n) is 4.11. The second-order valence-corrected chi connectivity index (χ2v) is 5.59. The first-order valence-corrected chi connectivity index (χ1v) is 6.51. The van der Waals surface area contributed by atoms with Crippen LogP contribution in [0, 0.1) is 0 Å². The van der Waals surface area contributed by atoms with Gasteiger partial charge in [0.2, 0.25) is 0 Å². The zero-order valence-corrected chi connectivity index (χ0v) is 10.2. The van der Waals surface area contributed by atoms with Gasteiger partial charge in [-0.1, -0.05) is 6.07 Å². The quantitative estimate of drug-likeness (QED) is 0.896. The summed E-state index contributed by atoms with van der Waals surface area (Å²) in [7, 11) is -1.65. The Hall–Kier alpha value is -0.920. The number of aliphatic hydroxyl groups is 1. The molecule has 1 aromatic carbocycles. The summed E-state index contributed by atoms with van der Waals surface area (Å²) in [5, 5.41) is 9.32. The molecule has 0 spiro atoms. The minimum Gasteiger partial charge on any atom is -0.392 e. The highest BCUT2D eigenvalue weighted by Gasteiger charge is 2.32. The lowest BCUT2D eigenvalue weighted by Crippen LogP contribution is -2.24. The molecule has 100 valence electrons. The van der Waals surface area contributed by atoms with Crippen LogP contribution in [0.3, 0.4) is 0 Å². The molecule has 1 aromatic rings. The van der Waals surface area contributed by atoms with Gasteiger partial charge in [-0.15, -0.1) is 0 Å². The van der Waals surface area contributed by atoms with Crippen LogP contribution in [0.1, 0.15) is 12.0 Å². The van der Waals surface area contributed by atoms with Crippen LogP contribution >= 0.6 is 0 Å². The fraction of sp³-hybridized carbons (Fsp3) is 0.455. The lowest BCUT2D eigenvalue weighted by atomic mass is 10.2. The van der Waals surface area contributed by atoms with E-state index in [1.807, 2.05) is 0 Å². The molecular weight excluding hydrogens is 267 g/mol. The van der Waals surface area contributed by atoms with Crippen LogP contribution in [0.25, 0.3) is 0 Å². The van der Waals surface area contributed by atoms with Gasteiger partial charge in [0.05, 0.1) is 16.6 Å². The number of nitrogens with zero attached hydrogens (tertiary/aromatic N) is 1. The van der Waals surface area contributed by atoms with Crippen molar-refractivity contribution >= 4 is 11.0 Å². The first-order valence-electron chi connectivity index (χ1n) is 5.40. The predicted molar refractivity (Wildman–Crippen MR) is 60.0 cm³/mol. The zero-order chi connectivity index (χ0) is 13.3. The average Bonchev–Trinajstić information content (AvgIpc) is 2.74. The third kappa shape index (κ3) is 2.90. The Labute approximate surface area is 105 Å². The van der Waals surface area contributed by atoms with Gasteiger partial charge in [0.25, 0.3) is 0 Å². The van der Waals surface area contributed by atoms with Gasteiger partial charge >= 0.3 is 6.18 Å². The van der Waals surface area contributed by atoms with Gasteiger partial charge in [-0.3, -0.25) is 0 Å². The standard InChI is InChI=1S/C11H12F3NO2S/c12-11(13,14)8-2-1-3-10(6-8)18(17)15-5-4-9(16)7-15/h1-3,6,9,16H,4-5,7H2. The summed E-state index contributed by atoms with van der Waals surface area (Å²) in [5.74, 6) is 0. The Kier molecular flexibility index (Phi) is 3.74. The van der Waals surface area contributed by atoms with Crippen molar-refractivity contribution in [3.63, 3.8) is 0 Å². The molecule has 1 fully saturated rings. The Bertz CT molecular complexity index is 464. The summed E-state index contributed by atoms with van der Waals surface area (Å²) in [4.78, 5) is 0.110. The SMILES string of the molecule is O=S(c1cccc(C(F)(F)F)c1)N1CCC(O)C1. The maximum Gasteiger partial charge on any atom is 0.416 e. The van der Waals surface area contributed by atoms with E-state index in [0.29, 0.717) is 13.0 Å². The van der Waals surface area contributed by atoms with Crippen LogP contribution < -0.4 is 0 Å². The molecule has 0 amide bonds. The van der Waals surface area contributed by atoms with Gasteiger partial charge in [0, 0.05) is 13.1 Å². The molecule has 1 heterocycles. The Morgan fingerprint density at radius 1 is 1.39 bits per heavy atom. The third-order valence-corrected chi connectivity index (χ3v) is 4.18. The van der Waals surface area contributed by atoms with Gasteiger partial charge in [0.15, 0.2) is 0 Å². The number of halogens is 3. The maximum absolute atomic E-state index is 12.5. The monoisotopic (exact) mass is 279 g/mol. The molecule has 0 aliphatic carbocycles. The van der Waals surface area contributed by atoms with Crippen LogP contribution in [0.2, 0.25) is 0 Å². The van der Waals surface area contributed by atoms with Crippen molar-refractivity contribution in [2.75, 3.05) is 13.1 Å². The van der Waals surface area contributed by atoms with E-state index in [-0.39, 0.29) is 11.4 Å². The molecule has 2 atom stereocenters. The largest absolute Gasteiger partial charge is 0.416 e. The summed E-state index contributed by atoms with van der Waals surface area (Å²) in [6.45, 7) is 0.646. The number of aliphatic hydroxyl groups excluding tert-OH is 1. The summed E-state index contributed by atoms with van der Waals surface area (Å²) in [6.07, 6.45) is -4.50. The molecule has 1 aliphatic heterocycles. The van der Waals surface area contributed by atoms with Crippen molar-refractivity contribution in [1.29, 1.82) is 0 Å². The number of alkyl halides is 3. The Morgan fingerprint density at radius 3 is 2.67 bits per heavy atom. The first-order chi connectivity index (χ1) is 8.38. The lowest BCUT2D eigenvalue weighted by Gasteiger charge is -2.15. The third-order valence-electron chi connectivity index (χ3n) is 2.72. The molecule has 2 unspecified atom stereocenters. The molecule has 0 bridgehead atoms. The number of β-amino-alcohol motifs (C(OH)–C–C–N with tert-alkyl or cyclic N) is 1. The van der Waals surface area contributed by atoms with E-state index in [4.69, 9.17) is 0 Å². The van der Waals surface area contributed by atoms with Gasteiger partial charge in [-0.05, 0) is 24.6 Å². The Balaban J connectivity index is 2.21. The molecule has 1 N–H and O–H groups in total. The topological polar surface area (TPSA) is 40.5 Å². The van der Waals surface area contributed by atoms with E-state index in [0.717, 1.165) is 12.1 Å². The molecule has 3 nitrogen and oxygen atoms in total. The van der Waals surface area contributed by atoms with Crippen LogP contribution in [-0.2, 0) is 17.2 Å². The summed E-state index contributed by atoms with van der Waals surface area (Å²) in [6, 6.07) is 4.47. The van der Waals surface area contributed by atoms with Crippen molar-refractivity contribution in [3.8, 4) is 0 Å². The number of hydrogen-bond donors (Lipinski definition) is 1. The highest BCUT2D eigenvalue weighted by molar-refractivity contribution is 7.82. The van der Waals surface area contributed by atoms with Crippen LogP contribution in [0.5, 0.6) is 0 Å².